The van der Waals surface area contributed by atoms with Gasteiger partial charge in [-0.1, -0.05) is 6.07 Å². The molecule has 11 nitrogen and oxygen atoms in total. The quantitative estimate of drug-likeness (QED) is 0.316. The highest BCUT2D eigenvalue weighted by Gasteiger charge is 2.30. The third-order valence-electron chi connectivity index (χ3n) is 6.28. The summed E-state index contributed by atoms with van der Waals surface area (Å²) in [6.45, 7) is 1.53. The molecular formula is C24H28B3N7O4S. The number of nitrogens with one attached hydrogen (secondary N) is 3. The van der Waals surface area contributed by atoms with Crippen LogP contribution in [0.4, 0.5) is 17.2 Å². The third kappa shape index (κ3) is 6.08. The standard InChI is InChI=1S/C24H28B3N7O4S/c1-38-19-13(22-28-11-16(39-22)23(37)34-8-3-9-34)4-2-5-14(19)29-15-10-17(30-20(35)12-6-7-12)32-33-18(15)21(36)31-24(25,26)27/h2,4-5,10-12H,3,6-9,25-27H2,1H3,(H,31,36)(H2,29,30,32,35). The molecule has 1 aliphatic heterocycles. The molecule has 15 heteroatoms. The fraction of sp³-hybridized carbons (Fsp3) is 0.333. The summed E-state index contributed by atoms with van der Waals surface area (Å²) in [5.74, 6) is 0.162. The Morgan fingerprint density at radius 2 is 1.90 bits per heavy atom. The van der Waals surface area contributed by atoms with Gasteiger partial charge in [0, 0.05) is 25.1 Å². The van der Waals surface area contributed by atoms with Crippen molar-refractivity contribution in [2.24, 2.45) is 5.92 Å². The van der Waals surface area contributed by atoms with Gasteiger partial charge in [-0.05, 0) is 36.6 Å². The maximum absolute atomic E-state index is 13.1. The fourth-order valence-corrected chi connectivity index (χ4v) is 4.94. The number of carbonyl (C=O) groups is 3. The number of hydrogen-bond acceptors (Lipinski definition) is 9. The van der Waals surface area contributed by atoms with E-state index in [4.69, 9.17) is 4.74 Å². The van der Waals surface area contributed by atoms with E-state index in [-0.39, 0.29) is 29.2 Å². The molecular weight excluding hydrogens is 515 g/mol. The van der Waals surface area contributed by atoms with Gasteiger partial charge in [-0.2, -0.15) is 0 Å². The maximum Gasteiger partial charge on any atom is 0.272 e. The molecule has 0 unspecified atom stereocenters. The smallest absolute Gasteiger partial charge is 0.272 e. The Hall–Kier alpha value is -3.87. The van der Waals surface area contributed by atoms with E-state index < -0.39 is 11.1 Å². The first-order valence-corrected chi connectivity index (χ1v) is 13.6. The highest BCUT2D eigenvalue weighted by molar-refractivity contribution is 7.17. The molecule has 3 aromatic rings. The van der Waals surface area contributed by atoms with Crippen LogP contribution in [0.15, 0.2) is 30.5 Å². The Labute approximate surface area is 232 Å². The number of nitrogens with zero attached hydrogens (tertiary/aromatic N) is 4. The second-order valence-corrected chi connectivity index (χ2v) is 11.7. The summed E-state index contributed by atoms with van der Waals surface area (Å²) in [6.07, 6.45) is 4.31. The van der Waals surface area contributed by atoms with Crippen LogP contribution in [0.1, 0.15) is 39.4 Å². The van der Waals surface area contributed by atoms with E-state index in [9.17, 15) is 14.4 Å². The van der Waals surface area contributed by atoms with Crippen LogP contribution in [-0.4, -0.2) is 86.8 Å². The van der Waals surface area contributed by atoms with Crippen molar-refractivity contribution in [2.45, 2.75) is 24.5 Å². The van der Waals surface area contributed by atoms with Gasteiger partial charge in [-0.15, -0.1) is 21.5 Å². The number of para-hydroxylation sites is 1. The minimum absolute atomic E-state index is 0.0139. The van der Waals surface area contributed by atoms with Crippen LogP contribution in [0.3, 0.4) is 0 Å². The predicted molar refractivity (Wildman–Crippen MR) is 157 cm³/mol. The van der Waals surface area contributed by atoms with Gasteiger partial charge in [0.2, 0.25) is 5.91 Å². The van der Waals surface area contributed by atoms with Crippen molar-refractivity contribution < 1.29 is 19.1 Å². The van der Waals surface area contributed by atoms with Crippen molar-refractivity contribution in [1.82, 2.24) is 25.4 Å². The summed E-state index contributed by atoms with van der Waals surface area (Å²) >= 11 is 1.30. The number of ether oxygens (including phenoxy) is 1. The topological polar surface area (TPSA) is 138 Å². The Morgan fingerprint density at radius 1 is 1.13 bits per heavy atom. The molecule has 0 bridgehead atoms. The van der Waals surface area contributed by atoms with Crippen LogP contribution in [0.25, 0.3) is 10.6 Å². The first kappa shape index (κ1) is 26.7. The summed E-state index contributed by atoms with van der Waals surface area (Å²) in [5, 5.41) is 17.3. The normalized spacial score (nSPS) is 14.7. The van der Waals surface area contributed by atoms with Gasteiger partial charge in [0.05, 0.1) is 30.2 Å². The molecule has 2 fully saturated rings. The summed E-state index contributed by atoms with van der Waals surface area (Å²) in [4.78, 5) is 45.0. The van der Waals surface area contributed by atoms with Crippen LogP contribution < -0.4 is 20.7 Å². The predicted octanol–water partition coefficient (Wildman–Crippen LogP) is -0.213. The van der Waals surface area contributed by atoms with Gasteiger partial charge in [-0.3, -0.25) is 14.4 Å². The second-order valence-electron chi connectivity index (χ2n) is 10.6. The molecule has 1 aliphatic carbocycles. The van der Waals surface area contributed by atoms with Gasteiger partial charge in [0.1, 0.15) is 33.4 Å². The lowest BCUT2D eigenvalue weighted by atomic mass is 9.49. The zero-order chi connectivity index (χ0) is 27.7. The number of thiazole rings is 1. The number of aromatic nitrogens is 3. The van der Waals surface area contributed by atoms with Gasteiger partial charge in [-0.25, -0.2) is 4.98 Å². The highest BCUT2D eigenvalue weighted by atomic mass is 32.1. The largest absolute Gasteiger partial charge is 0.494 e. The molecule has 1 saturated heterocycles. The van der Waals surface area contributed by atoms with Crippen LogP contribution in [0, 0.1) is 5.92 Å². The lowest BCUT2D eigenvalue weighted by molar-refractivity contribution is -0.117. The van der Waals surface area contributed by atoms with E-state index in [2.05, 4.69) is 31.1 Å². The van der Waals surface area contributed by atoms with E-state index in [0.717, 1.165) is 32.4 Å². The van der Waals surface area contributed by atoms with E-state index in [0.29, 0.717) is 32.6 Å². The Morgan fingerprint density at radius 3 is 2.54 bits per heavy atom. The van der Waals surface area contributed by atoms with Crippen molar-refractivity contribution in [1.29, 1.82) is 0 Å². The number of rotatable bonds is 9. The second kappa shape index (κ2) is 10.7. The number of anilines is 3. The number of methoxy groups -OCH3 is 1. The number of hydrogen-bond donors (Lipinski definition) is 3. The first-order valence-electron chi connectivity index (χ1n) is 12.8. The van der Waals surface area contributed by atoms with Gasteiger partial charge in [0.15, 0.2) is 17.3 Å². The molecule has 0 spiro atoms. The SMILES string of the molecule is BC(B)(B)NC(=O)c1nnc(NC(=O)C2CC2)cc1Nc1cccc(-c2ncc(C(=O)N3CCC3)s2)c1OC. The zero-order valence-corrected chi connectivity index (χ0v) is 23.1. The molecule has 3 N–H and O–H groups in total. The number of benzene rings is 1. The number of likely N-dealkylation sites (tertiary alicyclic amines) is 1. The molecule has 0 atom stereocenters. The van der Waals surface area contributed by atoms with E-state index in [1.807, 2.05) is 35.7 Å². The van der Waals surface area contributed by atoms with Crippen LogP contribution in [0.5, 0.6) is 5.75 Å². The highest BCUT2D eigenvalue weighted by Crippen LogP contribution is 2.40. The van der Waals surface area contributed by atoms with E-state index >= 15 is 0 Å². The number of carbonyl (C=O) groups excluding carboxylic acids is 3. The lowest BCUT2D eigenvalue weighted by Crippen LogP contribution is -2.50. The molecule has 3 heterocycles. The van der Waals surface area contributed by atoms with Gasteiger partial charge < -0.3 is 25.6 Å². The summed E-state index contributed by atoms with van der Waals surface area (Å²) in [7, 11) is 7.16. The summed E-state index contributed by atoms with van der Waals surface area (Å²) in [6, 6.07) is 7.08. The van der Waals surface area contributed by atoms with Gasteiger partial charge >= 0.3 is 0 Å². The Balaban J connectivity index is 1.47. The van der Waals surface area contributed by atoms with Crippen LogP contribution in [-0.2, 0) is 4.79 Å². The van der Waals surface area contributed by atoms with Crippen molar-refractivity contribution in [2.75, 3.05) is 30.8 Å². The summed E-state index contributed by atoms with van der Waals surface area (Å²) < 4.78 is 5.77. The Bertz CT molecular complexity index is 1440. The van der Waals surface area contributed by atoms with Gasteiger partial charge in [0.25, 0.3) is 11.8 Å². The molecule has 2 aromatic heterocycles. The molecule has 5 rings (SSSR count). The molecule has 2 aliphatic rings. The molecule has 39 heavy (non-hydrogen) atoms. The van der Waals surface area contributed by atoms with E-state index in [1.165, 1.54) is 11.3 Å². The van der Waals surface area contributed by atoms with Crippen molar-refractivity contribution in [3.8, 4) is 16.3 Å². The minimum Gasteiger partial charge on any atom is -0.494 e. The van der Waals surface area contributed by atoms with Crippen molar-refractivity contribution in [3.63, 3.8) is 0 Å². The summed E-state index contributed by atoms with van der Waals surface area (Å²) in [5.41, 5.74) is 1.66. The third-order valence-corrected chi connectivity index (χ3v) is 7.29. The number of amides is 3. The first-order chi connectivity index (χ1) is 18.6. The van der Waals surface area contributed by atoms with E-state index in [1.54, 1.807) is 30.3 Å². The lowest BCUT2D eigenvalue weighted by Gasteiger charge is -2.30. The molecule has 3 amide bonds. The maximum atomic E-state index is 13.1. The zero-order valence-electron chi connectivity index (χ0n) is 22.3. The van der Waals surface area contributed by atoms with Crippen molar-refractivity contribution >= 4 is 69.8 Å². The molecule has 1 saturated carbocycles. The average molecular weight is 543 g/mol. The molecule has 0 radical (unpaired) electrons. The fourth-order valence-electron chi connectivity index (χ4n) is 4.03. The monoisotopic (exact) mass is 543 g/mol. The minimum atomic E-state index is -0.497. The van der Waals surface area contributed by atoms with Crippen molar-refractivity contribution in [3.05, 3.63) is 41.0 Å². The van der Waals surface area contributed by atoms with Crippen LogP contribution in [0.2, 0.25) is 0 Å². The van der Waals surface area contributed by atoms with Crippen LogP contribution >= 0.6 is 11.3 Å². The average Bonchev–Trinajstić information content (AvgIpc) is 3.58. The molecule has 198 valence electrons. The molecule has 1 aromatic carbocycles. The Kier molecular flexibility index (Phi) is 7.35.